The summed E-state index contributed by atoms with van der Waals surface area (Å²) in [5, 5.41) is 0. The Bertz CT molecular complexity index is 327. The summed E-state index contributed by atoms with van der Waals surface area (Å²) in [6.45, 7) is 15.5. The average molecular weight is 300 g/mol. The molecule has 4 heteroatoms. The van der Waals surface area contributed by atoms with E-state index < -0.39 is 0 Å². The van der Waals surface area contributed by atoms with E-state index in [1.807, 2.05) is 0 Å². The molecule has 1 unspecified atom stereocenters. The number of ether oxygens (including phenoxy) is 2. The molecular weight excluding hydrogens is 264 g/mol. The van der Waals surface area contributed by atoms with Crippen molar-refractivity contribution in [2.75, 3.05) is 26.8 Å². The quantitative estimate of drug-likeness (QED) is 0.749. The van der Waals surface area contributed by atoms with Crippen LogP contribution < -0.4 is 5.73 Å². The molecule has 0 aromatic rings. The second-order valence-corrected chi connectivity index (χ2v) is 7.44. The molecule has 2 N–H and O–H groups in total. The van der Waals surface area contributed by atoms with Crippen molar-refractivity contribution in [2.45, 2.75) is 83.6 Å². The average Bonchev–Trinajstić information content (AvgIpc) is 2.59. The zero-order valence-electron chi connectivity index (χ0n) is 15.2. The fourth-order valence-corrected chi connectivity index (χ4v) is 4.29. The van der Waals surface area contributed by atoms with Gasteiger partial charge in [-0.2, -0.15) is 0 Å². The third-order valence-electron chi connectivity index (χ3n) is 5.18. The lowest BCUT2D eigenvalue weighted by Gasteiger charge is -2.51. The fourth-order valence-electron chi connectivity index (χ4n) is 4.29. The summed E-state index contributed by atoms with van der Waals surface area (Å²) in [6, 6.07) is 0.514. The molecule has 0 aromatic carbocycles. The van der Waals surface area contributed by atoms with E-state index in [1.165, 1.54) is 0 Å². The van der Waals surface area contributed by atoms with Crippen molar-refractivity contribution in [1.82, 2.24) is 4.90 Å². The summed E-state index contributed by atoms with van der Waals surface area (Å²) < 4.78 is 11.7. The van der Waals surface area contributed by atoms with E-state index in [0.717, 1.165) is 32.4 Å². The van der Waals surface area contributed by atoms with Crippen molar-refractivity contribution >= 4 is 0 Å². The zero-order valence-corrected chi connectivity index (χ0v) is 15.2. The predicted molar refractivity (Wildman–Crippen MR) is 88.6 cm³/mol. The number of nitrogens with two attached hydrogens (primary N) is 1. The van der Waals surface area contributed by atoms with Crippen molar-refractivity contribution in [1.29, 1.82) is 0 Å². The minimum atomic E-state index is -0.262. The first-order valence-corrected chi connectivity index (χ1v) is 8.35. The summed E-state index contributed by atoms with van der Waals surface area (Å²) >= 11 is 0. The maximum atomic E-state index is 6.38. The van der Waals surface area contributed by atoms with Crippen molar-refractivity contribution in [3.63, 3.8) is 0 Å². The summed E-state index contributed by atoms with van der Waals surface area (Å²) in [5.74, 6) is 0. The van der Waals surface area contributed by atoms with Gasteiger partial charge in [-0.25, -0.2) is 0 Å². The molecule has 0 radical (unpaired) electrons. The Balaban J connectivity index is 3.21. The van der Waals surface area contributed by atoms with Crippen LogP contribution in [0.2, 0.25) is 0 Å². The minimum Gasteiger partial charge on any atom is -0.383 e. The Morgan fingerprint density at radius 1 is 1.19 bits per heavy atom. The maximum absolute atomic E-state index is 6.38. The van der Waals surface area contributed by atoms with Gasteiger partial charge < -0.3 is 15.2 Å². The van der Waals surface area contributed by atoms with Crippen LogP contribution in [0.5, 0.6) is 0 Å². The van der Waals surface area contributed by atoms with Gasteiger partial charge in [-0.1, -0.05) is 13.8 Å². The van der Waals surface area contributed by atoms with Crippen LogP contribution in [0.25, 0.3) is 0 Å². The lowest BCUT2D eigenvalue weighted by atomic mass is 9.76. The van der Waals surface area contributed by atoms with Gasteiger partial charge in [0.1, 0.15) is 0 Å². The van der Waals surface area contributed by atoms with Crippen LogP contribution in [0, 0.1) is 0 Å². The van der Waals surface area contributed by atoms with E-state index in [9.17, 15) is 0 Å². The molecule has 21 heavy (non-hydrogen) atoms. The standard InChI is InChI=1S/C17H36N2O2/c1-8-14(9-2)19(10-11-20-7)17(13-18)12-15(3,4)21-16(17,5)6/h14H,8-13,18H2,1-7H3. The number of methoxy groups -OCH3 is 1. The molecule has 1 aliphatic heterocycles. The Morgan fingerprint density at radius 3 is 2.10 bits per heavy atom. The topological polar surface area (TPSA) is 47.7 Å². The third-order valence-corrected chi connectivity index (χ3v) is 5.18. The van der Waals surface area contributed by atoms with Gasteiger partial charge in [-0.3, -0.25) is 4.90 Å². The van der Waals surface area contributed by atoms with Gasteiger partial charge in [0.15, 0.2) is 0 Å². The molecule has 0 saturated carbocycles. The number of hydrogen-bond donors (Lipinski definition) is 1. The van der Waals surface area contributed by atoms with E-state index in [4.69, 9.17) is 15.2 Å². The highest BCUT2D eigenvalue weighted by atomic mass is 16.5. The molecule has 0 bridgehead atoms. The Hall–Kier alpha value is -0.160. The smallest absolute Gasteiger partial charge is 0.0830 e. The number of nitrogens with zero attached hydrogens (tertiary/aromatic N) is 1. The first-order valence-electron chi connectivity index (χ1n) is 8.35. The Labute approximate surface area is 131 Å². The summed E-state index contributed by atoms with van der Waals surface area (Å²) in [4.78, 5) is 2.57. The van der Waals surface area contributed by atoms with Crippen LogP contribution in [-0.2, 0) is 9.47 Å². The lowest BCUT2D eigenvalue weighted by Crippen LogP contribution is -2.66. The molecule has 4 nitrogen and oxygen atoms in total. The maximum Gasteiger partial charge on any atom is 0.0830 e. The minimum absolute atomic E-state index is 0.133. The molecule has 126 valence electrons. The van der Waals surface area contributed by atoms with Crippen LogP contribution in [0.4, 0.5) is 0 Å². The van der Waals surface area contributed by atoms with E-state index in [-0.39, 0.29) is 16.7 Å². The van der Waals surface area contributed by atoms with E-state index in [1.54, 1.807) is 7.11 Å². The summed E-state index contributed by atoms with van der Waals surface area (Å²) in [5.41, 5.74) is 5.79. The molecule has 0 aliphatic carbocycles. The fraction of sp³-hybridized carbons (Fsp3) is 1.00. The zero-order chi connectivity index (χ0) is 16.3. The van der Waals surface area contributed by atoms with Crippen LogP contribution in [0.15, 0.2) is 0 Å². The summed E-state index contributed by atoms with van der Waals surface area (Å²) in [7, 11) is 1.76. The first-order chi connectivity index (χ1) is 9.69. The predicted octanol–water partition coefficient (Wildman–Crippen LogP) is 2.80. The highest BCUT2D eigenvalue weighted by Gasteiger charge is 2.59. The molecule has 0 spiro atoms. The van der Waals surface area contributed by atoms with Gasteiger partial charge in [-0.05, 0) is 47.0 Å². The largest absolute Gasteiger partial charge is 0.383 e. The molecule has 1 fully saturated rings. The first kappa shape index (κ1) is 18.9. The van der Waals surface area contributed by atoms with Crippen molar-refractivity contribution in [3.8, 4) is 0 Å². The van der Waals surface area contributed by atoms with Gasteiger partial charge in [0.25, 0.3) is 0 Å². The van der Waals surface area contributed by atoms with E-state index >= 15 is 0 Å². The van der Waals surface area contributed by atoms with Crippen LogP contribution >= 0.6 is 0 Å². The van der Waals surface area contributed by atoms with Crippen LogP contribution in [0.1, 0.15) is 60.8 Å². The molecule has 1 aliphatic rings. The second-order valence-electron chi connectivity index (χ2n) is 7.44. The molecule has 1 rings (SSSR count). The monoisotopic (exact) mass is 300 g/mol. The molecule has 1 saturated heterocycles. The Morgan fingerprint density at radius 2 is 1.76 bits per heavy atom. The molecule has 0 aromatic heterocycles. The van der Waals surface area contributed by atoms with Gasteiger partial charge in [0.05, 0.1) is 23.3 Å². The molecular formula is C17H36N2O2. The van der Waals surface area contributed by atoms with Crippen molar-refractivity contribution in [2.24, 2.45) is 5.73 Å². The SMILES string of the molecule is CCC(CC)N(CCOC)C1(CN)CC(C)(C)OC1(C)C. The second kappa shape index (κ2) is 6.95. The van der Waals surface area contributed by atoms with Crippen molar-refractivity contribution in [3.05, 3.63) is 0 Å². The number of rotatable bonds is 8. The van der Waals surface area contributed by atoms with Gasteiger partial charge in [-0.15, -0.1) is 0 Å². The van der Waals surface area contributed by atoms with Gasteiger partial charge in [0, 0.05) is 26.2 Å². The molecule has 1 atom stereocenters. The van der Waals surface area contributed by atoms with Crippen LogP contribution in [0.3, 0.4) is 0 Å². The number of hydrogen-bond acceptors (Lipinski definition) is 4. The van der Waals surface area contributed by atoms with Crippen LogP contribution in [-0.4, -0.2) is 54.5 Å². The third kappa shape index (κ3) is 3.61. The Kier molecular flexibility index (Phi) is 6.25. The highest BCUT2D eigenvalue weighted by molar-refractivity contribution is 5.14. The normalized spacial score (nSPS) is 27.7. The molecule has 0 amide bonds. The van der Waals surface area contributed by atoms with E-state index in [2.05, 4.69) is 46.4 Å². The van der Waals surface area contributed by atoms with Gasteiger partial charge >= 0.3 is 0 Å². The molecule has 1 heterocycles. The van der Waals surface area contributed by atoms with E-state index in [0.29, 0.717) is 12.6 Å². The summed E-state index contributed by atoms with van der Waals surface area (Å²) in [6.07, 6.45) is 3.21. The lowest BCUT2D eigenvalue weighted by molar-refractivity contribution is -0.114. The van der Waals surface area contributed by atoms with Gasteiger partial charge in [0.2, 0.25) is 0 Å². The van der Waals surface area contributed by atoms with Crippen molar-refractivity contribution < 1.29 is 9.47 Å². The highest BCUT2D eigenvalue weighted by Crippen LogP contribution is 2.49.